The molecule has 0 bridgehead atoms. The molecule has 8 heteroatoms. The molecule has 0 spiro atoms. The second-order valence-corrected chi connectivity index (χ2v) is 7.04. The van der Waals surface area contributed by atoms with Gasteiger partial charge in [0.25, 0.3) is 0 Å². The van der Waals surface area contributed by atoms with Crippen LogP contribution in [-0.2, 0) is 20.8 Å². The van der Waals surface area contributed by atoms with Crippen LogP contribution in [-0.4, -0.2) is 61.3 Å². The van der Waals surface area contributed by atoms with Gasteiger partial charge in [0.2, 0.25) is 17.7 Å². The summed E-state index contributed by atoms with van der Waals surface area (Å²) in [6.45, 7) is 1.82. The zero-order chi connectivity index (χ0) is 22.1. The highest BCUT2D eigenvalue weighted by Gasteiger charge is 2.17. The van der Waals surface area contributed by atoms with Crippen molar-refractivity contribution < 1.29 is 18.8 Å². The monoisotopic (exact) mass is 414 g/mol. The van der Waals surface area contributed by atoms with Gasteiger partial charge < -0.3 is 15.5 Å². The van der Waals surface area contributed by atoms with Gasteiger partial charge in [-0.1, -0.05) is 31.2 Å². The Bertz CT molecular complexity index is 903. The molecule has 0 saturated heterocycles. The number of halogens is 1. The topological polar surface area (TPSA) is 81.8 Å². The summed E-state index contributed by atoms with van der Waals surface area (Å²) < 4.78 is 13.2. The maximum Gasteiger partial charge on any atom is 0.243 e. The van der Waals surface area contributed by atoms with Gasteiger partial charge in [-0.15, -0.1) is 0 Å². The molecule has 2 rings (SSSR count). The number of amides is 3. The largest absolute Gasteiger partial charge is 0.335 e. The third-order valence-electron chi connectivity index (χ3n) is 4.41. The van der Waals surface area contributed by atoms with Crippen molar-refractivity contribution >= 4 is 29.1 Å². The second kappa shape index (κ2) is 11.1. The summed E-state index contributed by atoms with van der Waals surface area (Å²) in [7, 11) is 3.16. The van der Waals surface area contributed by atoms with Crippen molar-refractivity contribution in [1.82, 2.24) is 9.80 Å². The number of anilines is 2. The normalized spacial score (nSPS) is 10.6. The number of hydrogen-bond donors (Lipinski definition) is 2. The first-order valence-corrected chi connectivity index (χ1v) is 9.64. The van der Waals surface area contributed by atoms with Crippen molar-refractivity contribution in [3.8, 4) is 0 Å². The van der Waals surface area contributed by atoms with Crippen LogP contribution < -0.4 is 10.6 Å². The van der Waals surface area contributed by atoms with Gasteiger partial charge in [0, 0.05) is 18.4 Å². The zero-order valence-corrected chi connectivity index (χ0v) is 17.4. The molecule has 2 aromatic rings. The first kappa shape index (κ1) is 23.0. The number of nitrogens with one attached hydrogen (secondary N) is 2. The molecular weight excluding hydrogens is 387 g/mol. The minimum atomic E-state index is -0.446. The molecule has 0 unspecified atom stereocenters. The number of hydrogen-bond acceptors (Lipinski definition) is 4. The number of benzene rings is 2. The van der Waals surface area contributed by atoms with Gasteiger partial charge in [0.05, 0.1) is 19.6 Å². The molecule has 0 fully saturated rings. The van der Waals surface area contributed by atoms with Gasteiger partial charge in [0.15, 0.2) is 0 Å². The molecule has 2 N–H and O–H groups in total. The Morgan fingerprint density at radius 3 is 2.30 bits per heavy atom. The van der Waals surface area contributed by atoms with E-state index in [4.69, 9.17) is 0 Å². The highest BCUT2D eigenvalue weighted by Crippen LogP contribution is 2.15. The summed E-state index contributed by atoms with van der Waals surface area (Å²) in [5.74, 6) is -1.40. The predicted molar refractivity (Wildman–Crippen MR) is 115 cm³/mol. The van der Waals surface area contributed by atoms with Gasteiger partial charge in [-0.05, 0) is 43.3 Å². The lowest BCUT2D eigenvalue weighted by Gasteiger charge is -2.21. The van der Waals surface area contributed by atoms with Crippen LogP contribution in [0.1, 0.15) is 12.5 Å². The lowest BCUT2D eigenvalue weighted by atomic mass is 10.1. The maximum atomic E-state index is 13.2. The zero-order valence-electron chi connectivity index (χ0n) is 17.4. The lowest BCUT2D eigenvalue weighted by molar-refractivity contribution is -0.134. The van der Waals surface area contributed by atoms with Gasteiger partial charge >= 0.3 is 0 Å². The molecule has 0 atom stereocenters. The van der Waals surface area contributed by atoms with Gasteiger partial charge in [-0.3, -0.25) is 19.3 Å². The summed E-state index contributed by atoms with van der Waals surface area (Å²) in [5.41, 5.74) is 2.10. The highest BCUT2D eigenvalue weighted by molar-refractivity contribution is 5.95. The lowest BCUT2D eigenvalue weighted by Crippen LogP contribution is -2.42. The minimum Gasteiger partial charge on any atom is -0.335 e. The molecule has 3 amide bonds. The molecule has 2 aromatic carbocycles. The Labute approximate surface area is 175 Å². The number of para-hydroxylation sites is 1. The van der Waals surface area contributed by atoms with Crippen LogP contribution in [0.3, 0.4) is 0 Å². The Kier molecular flexibility index (Phi) is 8.49. The van der Waals surface area contributed by atoms with Crippen LogP contribution in [0.5, 0.6) is 0 Å². The standard InChI is InChI=1S/C22H27FN4O3/c1-4-16-8-5-6-11-19(16)25-21(29)14-27(3)22(30)15-26(2)13-20(28)24-18-10-7-9-17(23)12-18/h5-12H,4,13-15H2,1-3H3,(H,24,28)(H,25,29). The van der Waals surface area contributed by atoms with Crippen molar-refractivity contribution in [1.29, 1.82) is 0 Å². The van der Waals surface area contributed by atoms with Crippen molar-refractivity contribution in [3.63, 3.8) is 0 Å². The molecule has 0 aliphatic carbocycles. The van der Waals surface area contributed by atoms with Crippen LogP contribution in [0.25, 0.3) is 0 Å². The third-order valence-corrected chi connectivity index (χ3v) is 4.41. The van der Waals surface area contributed by atoms with Crippen molar-refractivity contribution in [2.24, 2.45) is 0 Å². The smallest absolute Gasteiger partial charge is 0.243 e. The van der Waals surface area contributed by atoms with Gasteiger partial charge in [0.1, 0.15) is 5.82 Å². The fourth-order valence-corrected chi connectivity index (χ4v) is 2.86. The molecule has 7 nitrogen and oxygen atoms in total. The van der Waals surface area contributed by atoms with E-state index in [9.17, 15) is 18.8 Å². The average Bonchev–Trinajstić information content (AvgIpc) is 2.67. The van der Waals surface area contributed by atoms with E-state index in [2.05, 4.69) is 10.6 Å². The number of rotatable bonds is 9. The van der Waals surface area contributed by atoms with E-state index in [1.165, 1.54) is 35.0 Å². The average molecular weight is 414 g/mol. The number of aryl methyl sites for hydroxylation is 1. The van der Waals surface area contributed by atoms with E-state index >= 15 is 0 Å². The van der Waals surface area contributed by atoms with Crippen LogP contribution in [0.15, 0.2) is 48.5 Å². The summed E-state index contributed by atoms with van der Waals surface area (Å²) in [6.07, 6.45) is 0.785. The highest BCUT2D eigenvalue weighted by atomic mass is 19.1. The number of nitrogens with zero attached hydrogens (tertiary/aromatic N) is 2. The number of carbonyl (C=O) groups excluding carboxylic acids is 3. The number of carbonyl (C=O) groups is 3. The molecular formula is C22H27FN4O3. The molecule has 0 heterocycles. The van der Waals surface area contributed by atoms with E-state index in [0.717, 1.165) is 17.7 Å². The summed E-state index contributed by atoms with van der Waals surface area (Å²) >= 11 is 0. The van der Waals surface area contributed by atoms with E-state index < -0.39 is 5.82 Å². The molecule has 160 valence electrons. The SMILES string of the molecule is CCc1ccccc1NC(=O)CN(C)C(=O)CN(C)CC(=O)Nc1cccc(F)c1. The molecule has 0 aromatic heterocycles. The van der Waals surface area contributed by atoms with Crippen molar-refractivity contribution in [3.05, 3.63) is 59.9 Å². The maximum absolute atomic E-state index is 13.2. The van der Waals surface area contributed by atoms with Gasteiger partial charge in [-0.2, -0.15) is 0 Å². The molecule has 0 saturated carbocycles. The molecule has 0 radical (unpaired) electrons. The van der Waals surface area contributed by atoms with Crippen molar-refractivity contribution in [2.75, 3.05) is 44.4 Å². The fourth-order valence-electron chi connectivity index (χ4n) is 2.86. The predicted octanol–water partition coefficient (Wildman–Crippen LogP) is 2.36. The quantitative estimate of drug-likeness (QED) is 0.660. The fraction of sp³-hybridized carbons (Fsp3) is 0.318. The molecule has 0 aliphatic rings. The summed E-state index contributed by atoms with van der Waals surface area (Å²) in [4.78, 5) is 39.5. The van der Waals surface area contributed by atoms with E-state index in [0.29, 0.717) is 5.69 Å². The summed E-state index contributed by atoms with van der Waals surface area (Å²) in [5, 5.41) is 5.40. The van der Waals surface area contributed by atoms with Crippen LogP contribution in [0.4, 0.5) is 15.8 Å². The number of likely N-dealkylation sites (N-methyl/N-ethyl adjacent to an activating group) is 2. The van der Waals surface area contributed by atoms with Crippen LogP contribution in [0.2, 0.25) is 0 Å². The Hall–Kier alpha value is -3.26. The minimum absolute atomic E-state index is 0.0358. The van der Waals surface area contributed by atoms with E-state index in [1.807, 2.05) is 31.2 Å². The molecule has 0 aliphatic heterocycles. The second-order valence-electron chi connectivity index (χ2n) is 7.04. The first-order valence-electron chi connectivity index (χ1n) is 9.64. The van der Waals surface area contributed by atoms with E-state index in [1.54, 1.807) is 13.1 Å². The third kappa shape index (κ3) is 7.29. The van der Waals surface area contributed by atoms with E-state index in [-0.39, 0.29) is 37.4 Å². The first-order chi connectivity index (χ1) is 14.3. The Morgan fingerprint density at radius 2 is 1.60 bits per heavy atom. The van der Waals surface area contributed by atoms with Crippen LogP contribution in [0, 0.1) is 5.82 Å². The Morgan fingerprint density at radius 1 is 0.900 bits per heavy atom. The summed E-state index contributed by atoms with van der Waals surface area (Å²) in [6, 6.07) is 13.1. The van der Waals surface area contributed by atoms with Crippen LogP contribution >= 0.6 is 0 Å². The van der Waals surface area contributed by atoms with Gasteiger partial charge in [-0.25, -0.2) is 4.39 Å². The molecule has 30 heavy (non-hydrogen) atoms. The Balaban J connectivity index is 1.79. The van der Waals surface area contributed by atoms with Crippen molar-refractivity contribution in [2.45, 2.75) is 13.3 Å².